The maximum atomic E-state index is 5.41. The Balaban J connectivity index is 3.18. The van der Waals surface area contributed by atoms with Crippen LogP contribution in [-0.4, -0.2) is 13.7 Å². The molecule has 0 aromatic heterocycles. The second kappa shape index (κ2) is 5.17. The zero-order chi connectivity index (χ0) is 10.6. The quantitative estimate of drug-likeness (QED) is 0.902. The molecule has 1 rings (SSSR count). The molecule has 0 aliphatic carbocycles. The van der Waals surface area contributed by atoms with Crippen molar-refractivity contribution >= 4 is 22.0 Å². The molecular weight excluding hydrogens is 242 g/mol. The highest BCUT2D eigenvalue weighted by atomic mass is 79.9. The standard InChI is InChI=1S/C11H14BrNO/c1-8-5-6-10(14-2)11(12)9(8)4-3-7-13/h3-6H,7,13H2,1-2H3/b4-3+. The van der Waals surface area contributed by atoms with Crippen molar-refractivity contribution in [1.82, 2.24) is 0 Å². The summed E-state index contributed by atoms with van der Waals surface area (Å²) in [7, 11) is 1.66. The van der Waals surface area contributed by atoms with Crippen LogP contribution in [0.15, 0.2) is 22.7 Å². The van der Waals surface area contributed by atoms with Gasteiger partial charge in [-0.15, -0.1) is 0 Å². The zero-order valence-corrected chi connectivity index (χ0v) is 9.97. The number of nitrogens with two attached hydrogens (primary N) is 1. The maximum absolute atomic E-state index is 5.41. The number of hydrogen-bond acceptors (Lipinski definition) is 2. The number of rotatable bonds is 3. The van der Waals surface area contributed by atoms with Gasteiger partial charge in [0.05, 0.1) is 11.6 Å². The first-order valence-corrected chi connectivity index (χ1v) is 5.19. The van der Waals surface area contributed by atoms with Crippen molar-refractivity contribution in [3.05, 3.63) is 33.8 Å². The van der Waals surface area contributed by atoms with Gasteiger partial charge in [-0.1, -0.05) is 18.2 Å². The van der Waals surface area contributed by atoms with Crippen molar-refractivity contribution < 1.29 is 4.74 Å². The monoisotopic (exact) mass is 255 g/mol. The fourth-order valence-electron chi connectivity index (χ4n) is 1.22. The first-order chi connectivity index (χ1) is 6.70. The number of ether oxygens (including phenoxy) is 1. The molecule has 0 atom stereocenters. The molecule has 0 spiro atoms. The molecule has 0 aliphatic rings. The number of aryl methyl sites for hydroxylation is 1. The van der Waals surface area contributed by atoms with E-state index in [1.807, 2.05) is 24.3 Å². The van der Waals surface area contributed by atoms with Crippen LogP contribution in [0.4, 0.5) is 0 Å². The third kappa shape index (κ3) is 2.36. The van der Waals surface area contributed by atoms with E-state index in [0.717, 1.165) is 15.8 Å². The second-order valence-electron chi connectivity index (χ2n) is 2.95. The smallest absolute Gasteiger partial charge is 0.133 e. The van der Waals surface area contributed by atoms with Crippen LogP contribution >= 0.6 is 15.9 Å². The highest BCUT2D eigenvalue weighted by molar-refractivity contribution is 9.10. The molecule has 1 aromatic carbocycles. The van der Waals surface area contributed by atoms with Gasteiger partial charge in [0.25, 0.3) is 0 Å². The van der Waals surface area contributed by atoms with Crippen molar-refractivity contribution in [1.29, 1.82) is 0 Å². The van der Waals surface area contributed by atoms with E-state index in [1.54, 1.807) is 7.11 Å². The Morgan fingerprint density at radius 1 is 1.50 bits per heavy atom. The summed E-state index contributed by atoms with van der Waals surface area (Å²) in [4.78, 5) is 0. The fraction of sp³-hybridized carbons (Fsp3) is 0.273. The third-order valence-electron chi connectivity index (χ3n) is 2.00. The molecule has 0 saturated heterocycles. The molecule has 0 radical (unpaired) electrons. The van der Waals surface area contributed by atoms with Crippen molar-refractivity contribution in [3.8, 4) is 5.75 Å². The highest BCUT2D eigenvalue weighted by Crippen LogP contribution is 2.31. The first-order valence-electron chi connectivity index (χ1n) is 4.40. The Morgan fingerprint density at radius 3 is 2.79 bits per heavy atom. The molecule has 0 aliphatic heterocycles. The summed E-state index contributed by atoms with van der Waals surface area (Å²) in [5, 5.41) is 0. The molecule has 0 heterocycles. The Hall–Kier alpha value is -0.800. The lowest BCUT2D eigenvalue weighted by Crippen LogP contribution is -1.94. The number of hydrogen-bond donors (Lipinski definition) is 1. The Morgan fingerprint density at radius 2 is 2.21 bits per heavy atom. The summed E-state index contributed by atoms with van der Waals surface area (Å²) >= 11 is 3.51. The van der Waals surface area contributed by atoms with Crippen molar-refractivity contribution in [2.45, 2.75) is 6.92 Å². The predicted octanol–water partition coefficient (Wildman–Crippen LogP) is 2.74. The minimum atomic E-state index is 0.545. The van der Waals surface area contributed by atoms with Gasteiger partial charge >= 0.3 is 0 Å². The summed E-state index contributed by atoms with van der Waals surface area (Å²) < 4.78 is 6.19. The van der Waals surface area contributed by atoms with Crippen LogP contribution in [-0.2, 0) is 0 Å². The lowest BCUT2D eigenvalue weighted by atomic mass is 10.1. The summed E-state index contributed by atoms with van der Waals surface area (Å²) in [6.45, 7) is 2.60. The summed E-state index contributed by atoms with van der Waals surface area (Å²) in [5.74, 6) is 0.840. The van der Waals surface area contributed by atoms with Gasteiger partial charge in [-0.3, -0.25) is 0 Å². The normalized spacial score (nSPS) is 10.9. The van der Waals surface area contributed by atoms with Gasteiger partial charge in [0.1, 0.15) is 5.75 Å². The average Bonchev–Trinajstić information content (AvgIpc) is 2.18. The number of benzene rings is 1. The summed E-state index contributed by atoms with van der Waals surface area (Å²) in [6, 6.07) is 3.97. The molecule has 14 heavy (non-hydrogen) atoms. The van der Waals surface area contributed by atoms with Gasteiger partial charge in [0.2, 0.25) is 0 Å². The summed E-state index contributed by atoms with van der Waals surface area (Å²) in [5.41, 5.74) is 7.73. The summed E-state index contributed by atoms with van der Waals surface area (Å²) in [6.07, 6.45) is 3.93. The van der Waals surface area contributed by atoms with Crippen molar-refractivity contribution in [3.63, 3.8) is 0 Å². The third-order valence-corrected chi connectivity index (χ3v) is 2.82. The van der Waals surface area contributed by atoms with E-state index < -0.39 is 0 Å². The van der Waals surface area contributed by atoms with Crippen LogP contribution in [0, 0.1) is 6.92 Å². The molecule has 2 nitrogen and oxygen atoms in total. The van der Waals surface area contributed by atoms with Gasteiger partial charge in [0.15, 0.2) is 0 Å². The Labute approximate surface area is 92.9 Å². The Kier molecular flexibility index (Phi) is 4.17. The first kappa shape index (κ1) is 11.3. The minimum Gasteiger partial charge on any atom is -0.496 e. The minimum absolute atomic E-state index is 0.545. The molecule has 0 saturated carbocycles. The van der Waals surface area contributed by atoms with Crippen LogP contribution in [0.1, 0.15) is 11.1 Å². The van der Waals surface area contributed by atoms with Crippen LogP contribution in [0.3, 0.4) is 0 Å². The van der Waals surface area contributed by atoms with E-state index in [2.05, 4.69) is 22.9 Å². The molecule has 0 amide bonds. The second-order valence-corrected chi connectivity index (χ2v) is 3.74. The van der Waals surface area contributed by atoms with E-state index in [0.29, 0.717) is 6.54 Å². The lowest BCUT2D eigenvalue weighted by molar-refractivity contribution is 0.412. The SMILES string of the molecule is COc1ccc(C)c(/C=C/CN)c1Br. The van der Waals surface area contributed by atoms with Crippen LogP contribution < -0.4 is 10.5 Å². The molecule has 0 fully saturated rings. The van der Waals surface area contributed by atoms with Crippen LogP contribution in [0.5, 0.6) is 5.75 Å². The average molecular weight is 256 g/mol. The highest BCUT2D eigenvalue weighted by Gasteiger charge is 2.05. The van der Waals surface area contributed by atoms with E-state index in [4.69, 9.17) is 10.5 Å². The van der Waals surface area contributed by atoms with Gasteiger partial charge in [-0.25, -0.2) is 0 Å². The molecule has 1 aromatic rings. The van der Waals surface area contributed by atoms with Gasteiger partial charge in [-0.05, 0) is 40.0 Å². The topological polar surface area (TPSA) is 35.2 Å². The molecule has 0 unspecified atom stereocenters. The van der Waals surface area contributed by atoms with E-state index in [-0.39, 0.29) is 0 Å². The van der Waals surface area contributed by atoms with Crippen LogP contribution in [0.2, 0.25) is 0 Å². The van der Waals surface area contributed by atoms with E-state index in [9.17, 15) is 0 Å². The van der Waals surface area contributed by atoms with Gasteiger partial charge in [0, 0.05) is 6.54 Å². The lowest BCUT2D eigenvalue weighted by Gasteiger charge is -2.08. The van der Waals surface area contributed by atoms with E-state index >= 15 is 0 Å². The maximum Gasteiger partial charge on any atom is 0.133 e. The molecule has 2 N–H and O–H groups in total. The van der Waals surface area contributed by atoms with Gasteiger partial charge in [-0.2, -0.15) is 0 Å². The molecule has 76 valence electrons. The van der Waals surface area contributed by atoms with Crippen molar-refractivity contribution in [2.24, 2.45) is 5.73 Å². The Bertz CT molecular complexity index is 347. The molecular formula is C11H14BrNO. The molecule has 3 heteroatoms. The van der Waals surface area contributed by atoms with Gasteiger partial charge < -0.3 is 10.5 Å². The van der Waals surface area contributed by atoms with Crippen LogP contribution in [0.25, 0.3) is 6.08 Å². The largest absolute Gasteiger partial charge is 0.496 e. The fourth-order valence-corrected chi connectivity index (χ4v) is 1.96. The number of methoxy groups -OCH3 is 1. The predicted molar refractivity (Wildman–Crippen MR) is 63.5 cm³/mol. The van der Waals surface area contributed by atoms with E-state index in [1.165, 1.54) is 5.56 Å². The molecule has 0 bridgehead atoms. The zero-order valence-electron chi connectivity index (χ0n) is 8.38. The van der Waals surface area contributed by atoms with Crippen molar-refractivity contribution in [2.75, 3.05) is 13.7 Å². The number of halogens is 1.